The number of allylic oxidation sites excluding steroid dienone is 3. The summed E-state index contributed by atoms with van der Waals surface area (Å²) >= 11 is 0. The number of aryl methyl sites for hydroxylation is 1. The molecule has 4 heteroatoms. The number of hydrogen-bond acceptors (Lipinski definition) is 4. The van der Waals surface area contributed by atoms with Crippen LogP contribution in [-0.2, 0) is 9.53 Å². The molecule has 0 spiro atoms. The fourth-order valence-electron chi connectivity index (χ4n) is 4.68. The van der Waals surface area contributed by atoms with Crippen molar-refractivity contribution in [1.29, 1.82) is 0 Å². The highest BCUT2D eigenvalue weighted by atomic mass is 16.5. The second kappa shape index (κ2) is 8.83. The molecule has 0 aliphatic heterocycles. The Kier molecular flexibility index (Phi) is 5.95. The first-order valence-electron chi connectivity index (χ1n) is 10.6. The summed E-state index contributed by atoms with van der Waals surface area (Å²) in [6.45, 7) is 4.10. The Bertz CT molecular complexity index is 1270. The van der Waals surface area contributed by atoms with Crippen molar-refractivity contribution in [2.75, 3.05) is 14.2 Å². The highest BCUT2D eigenvalue weighted by Gasteiger charge is 2.25. The topological polar surface area (TPSA) is 52.6 Å². The first-order valence-corrected chi connectivity index (χ1v) is 10.6. The van der Waals surface area contributed by atoms with Crippen molar-refractivity contribution in [3.8, 4) is 16.9 Å². The van der Waals surface area contributed by atoms with Crippen LogP contribution in [0.1, 0.15) is 40.7 Å². The highest BCUT2D eigenvalue weighted by molar-refractivity contribution is 6.01. The van der Waals surface area contributed by atoms with Crippen LogP contribution in [0.3, 0.4) is 0 Å². The van der Waals surface area contributed by atoms with Gasteiger partial charge in [0.1, 0.15) is 17.8 Å². The van der Waals surface area contributed by atoms with Gasteiger partial charge in [-0.25, -0.2) is 0 Å². The number of benzene rings is 3. The highest BCUT2D eigenvalue weighted by Crippen LogP contribution is 2.43. The van der Waals surface area contributed by atoms with Crippen molar-refractivity contribution in [2.45, 2.75) is 26.2 Å². The molecule has 0 saturated carbocycles. The van der Waals surface area contributed by atoms with Gasteiger partial charge in [0.25, 0.3) is 0 Å². The van der Waals surface area contributed by atoms with Crippen molar-refractivity contribution in [3.05, 3.63) is 88.2 Å². The lowest BCUT2D eigenvalue weighted by atomic mass is 9.79. The minimum atomic E-state index is 0.0584. The van der Waals surface area contributed by atoms with E-state index in [1.165, 1.54) is 0 Å². The number of hydrogen-bond donors (Lipinski definition) is 0. The summed E-state index contributed by atoms with van der Waals surface area (Å²) in [6.07, 6.45) is 4.27. The molecule has 4 nitrogen and oxygen atoms in total. The van der Waals surface area contributed by atoms with Crippen LogP contribution in [0.25, 0.3) is 21.9 Å². The zero-order chi connectivity index (χ0) is 22.8. The number of methoxy groups -OCH3 is 2. The van der Waals surface area contributed by atoms with Crippen LogP contribution in [0.2, 0.25) is 0 Å². The lowest BCUT2D eigenvalue weighted by Gasteiger charge is -2.26. The van der Waals surface area contributed by atoms with Gasteiger partial charge in [-0.05, 0) is 71.5 Å². The van der Waals surface area contributed by atoms with E-state index in [2.05, 4.69) is 37.3 Å². The summed E-state index contributed by atoms with van der Waals surface area (Å²) < 4.78 is 10.8. The third kappa shape index (κ3) is 3.62. The van der Waals surface area contributed by atoms with Crippen molar-refractivity contribution < 1.29 is 19.1 Å². The van der Waals surface area contributed by atoms with Crippen LogP contribution in [-0.4, -0.2) is 26.8 Å². The number of rotatable bonds is 6. The van der Waals surface area contributed by atoms with E-state index in [0.717, 1.165) is 51.2 Å². The summed E-state index contributed by atoms with van der Waals surface area (Å²) in [6, 6.07) is 16.3. The van der Waals surface area contributed by atoms with Crippen molar-refractivity contribution >= 4 is 23.3 Å². The van der Waals surface area contributed by atoms with Gasteiger partial charge in [-0.1, -0.05) is 42.0 Å². The second-order valence-corrected chi connectivity index (χ2v) is 8.13. The van der Waals surface area contributed by atoms with Crippen molar-refractivity contribution in [3.63, 3.8) is 0 Å². The molecule has 3 aromatic carbocycles. The minimum absolute atomic E-state index is 0.0584. The molecule has 4 rings (SSSR count). The molecule has 0 bridgehead atoms. The average molecular weight is 427 g/mol. The largest absolute Gasteiger partial charge is 0.496 e. The summed E-state index contributed by atoms with van der Waals surface area (Å²) in [5.41, 5.74) is 6.57. The molecule has 0 amide bonds. The minimum Gasteiger partial charge on any atom is -0.496 e. The Labute approximate surface area is 188 Å². The van der Waals surface area contributed by atoms with Gasteiger partial charge in [-0.2, -0.15) is 0 Å². The van der Waals surface area contributed by atoms with Gasteiger partial charge in [0, 0.05) is 11.5 Å². The first-order chi connectivity index (χ1) is 15.5. The van der Waals surface area contributed by atoms with E-state index < -0.39 is 0 Å². The van der Waals surface area contributed by atoms with Crippen molar-refractivity contribution in [2.24, 2.45) is 0 Å². The van der Waals surface area contributed by atoms with Crippen LogP contribution in [0.15, 0.2) is 71.5 Å². The Morgan fingerprint density at radius 2 is 1.66 bits per heavy atom. The van der Waals surface area contributed by atoms with Crippen LogP contribution in [0.5, 0.6) is 5.75 Å². The fraction of sp³-hybridized carbons (Fsp3) is 0.214. The van der Waals surface area contributed by atoms with Gasteiger partial charge in [0.15, 0.2) is 6.29 Å². The number of carbonyl (C=O) groups excluding carboxylic acids is 2. The maximum atomic E-state index is 11.7. The fourth-order valence-corrected chi connectivity index (χ4v) is 4.68. The Morgan fingerprint density at radius 3 is 2.31 bits per heavy atom. The molecule has 1 atom stereocenters. The molecule has 162 valence electrons. The number of ether oxygens (including phenoxy) is 2. The Morgan fingerprint density at radius 1 is 0.906 bits per heavy atom. The Hall–Kier alpha value is -3.66. The molecule has 0 N–H and O–H groups in total. The third-order valence-corrected chi connectivity index (χ3v) is 6.32. The average Bonchev–Trinajstić information content (AvgIpc) is 2.82. The molecule has 1 aliphatic rings. The van der Waals surface area contributed by atoms with Crippen LogP contribution in [0.4, 0.5) is 0 Å². The van der Waals surface area contributed by atoms with E-state index in [4.69, 9.17) is 9.47 Å². The summed E-state index contributed by atoms with van der Waals surface area (Å²) in [5.74, 6) is 1.26. The van der Waals surface area contributed by atoms with Gasteiger partial charge >= 0.3 is 0 Å². The third-order valence-electron chi connectivity index (χ3n) is 6.32. The summed E-state index contributed by atoms with van der Waals surface area (Å²) in [4.78, 5) is 23.4. The first kappa shape index (κ1) is 21.6. The summed E-state index contributed by atoms with van der Waals surface area (Å²) in [5, 5.41) is 2.24. The Balaban J connectivity index is 1.96. The maximum Gasteiger partial charge on any atom is 0.153 e. The second-order valence-electron chi connectivity index (χ2n) is 8.13. The molecule has 1 aliphatic carbocycles. The molecule has 3 aromatic rings. The number of aldehydes is 2. The van der Waals surface area contributed by atoms with Crippen molar-refractivity contribution in [1.82, 2.24) is 0 Å². The lowest BCUT2D eigenvalue weighted by Crippen LogP contribution is -2.11. The quantitative estimate of drug-likeness (QED) is 0.442. The predicted molar refractivity (Wildman–Crippen MR) is 127 cm³/mol. The van der Waals surface area contributed by atoms with E-state index in [1.54, 1.807) is 14.2 Å². The van der Waals surface area contributed by atoms with Crippen LogP contribution < -0.4 is 4.74 Å². The zero-order valence-electron chi connectivity index (χ0n) is 18.8. The van der Waals surface area contributed by atoms with Gasteiger partial charge in [0.05, 0.1) is 19.8 Å². The molecule has 0 radical (unpaired) electrons. The van der Waals surface area contributed by atoms with Gasteiger partial charge in [0.2, 0.25) is 0 Å². The molecule has 0 heterocycles. The number of carbonyl (C=O) groups is 2. The molecule has 0 fully saturated rings. The molecule has 0 aromatic heterocycles. The van der Waals surface area contributed by atoms with Gasteiger partial charge in [-0.15, -0.1) is 0 Å². The van der Waals surface area contributed by atoms with Gasteiger partial charge in [-0.3, -0.25) is 9.59 Å². The standard InChI is InChI=1S/C28H26O4/c1-17-11-26(31-3)20(15-29)13-24(17)22-9-5-7-19-8-6-10-23(28(19)22)25-14-21(16-30)27(32-4)12-18(25)2/h5-13,15-16,25H,14H2,1-4H3. The monoisotopic (exact) mass is 426 g/mol. The maximum absolute atomic E-state index is 11.7. The molecule has 32 heavy (non-hydrogen) atoms. The van der Waals surface area contributed by atoms with E-state index in [-0.39, 0.29) is 5.92 Å². The van der Waals surface area contributed by atoms with E-state index in [0.29, 0.717) is 29.1 Å². The van der Waals surface area contributed by atoms with E-state index >= 15 is 0 Å². The molecular weight excluding hydrogens is 400 g/mol. The van der Waals surface area contributed by atoms with Crippen LogP contribution in [0, 0.1) is 6.92 Å². The predicted octanol–water partition coefficient (Wildman–Crippen LogP) is 6.17. The van der Waals surface area contributed by atoms with E-state index in [1.807, 2.05) is 31.2 Å². The van der Waals surface area contributed by atoms with Gasteiger partial charge < -0.3 is 9.47 Å². The molecular formula is C28H26O4. The molecule has 0 saturated heterocycles. The molecule has 1 unspecified atom stereocenters. The SMILES string of the molecule is COC1=C(C=O)CC(c2cccc3cccc(-c4cc(C=O)c(OC)cc4C)c23)C(C)=C1. The summed E-state index contributed by atoms with van der Waals surface area (Å²) in [7, 11) is 3.16. The smallest absolute Gasteiger partial charge is 0.153 e. The van der Waals surface area contributed by atoms with E-state index in [9.17, 15) is 9.59 Å². The van der Waals surface area contributed by atoms with Crippen LogP contribution >= 0.6 is 0 Å². The normalized spacial score (nSPS) is 16.0. The zero-order valence-corrected chi connectivity index (χ0v) is 18.8. The number of fused-ring (bicyclic) bond motifs is 1. The lowest BCUT2D eigenvalue weighted by molar-refractivity contribution is -0.105.